The fraction of sp³-hybridized carbons (Fsp3) is 0.281. The molecule has 0 saturated carbocycles. The molecule has 0 saturated heterocycles. The summed E-state index contributed by atoms with van der Waals surface area (Å²) in [5.74, 6) is -0.134. The minimum absolute atomic E-state index is 0.0517. The number of hydrogen-bond donors (Lipinski definition) is 3. The summed E-state index contributed by atoms with van der Waals surface area (Å²) in [7, 11) is 0. The van der Waals surface area contributed by atoms with Crippen molar-refractivity contribution >= 4 is 41.2 Å². The Morgan fingerprint density at radius 2 is 1.64 bits per heavy atom. The smallest absolute Gasteiger partial charge is 0.407 e. The number of hydrogen-bond acceptors (Lipinski definition) is 6. The summed E-state index contributed by atoms with van der Waals surface area (Å²) < 4.78 is 0. The Kier molecular flexibility index (Phi) is 10.0. The molecule has 42 heavy (non-hydrogen) atoms. The van der Waals surface area contributed by atoms with Gasteiger partial charge in [0.15, 0.2) is 0 Å². The highest BCUT2D eigenvalue weighted by molar-refractivity contribution is 6.07. The summed E-state index contributed by atoms with van der Waals surface area (Å²) in [4.78, 5) is 50.0. The Hall–Kier alpha value is -4.99. The second kappa shape index (κ2) is 14.1. The number of aromatic nitrogens is 1. The van der Waals surface area contributed by atoms with Crippen molar-refractivity contribution in [2.24, 2.45) is 10.7 Å². The van der Waals surface area contributed by atoms with E-state index in [0.29, 0.717) is 52.6 Å². The highest BCUT2D eigenvalue weighted by Gasteiger charge is 2.21. The number of fused-ring (bicyclic) bond motifs is 1. The molecule has 0 spiro atoms. The molecule has 1 aromatic heterocycles. The number of amides is 3. The van der Waals surface area contributed by atoms with Crippen LogP contribution in [0.25, 0.3) is 6.08 Å². The lowest BCUT2D eigenvalue weighted by atomic mass is 10.0. The Balaban J connectivity index is 1.49. The highest BCUT2D eigenvalue weighted by Crippen LogP contribution is 2.29. The SMILES string of the molecule is CCCN(CCC)C(=O)C1=Cc2ccc(C(=O)Nc3cncc(CN(Cc4ccccc4)C(=O)O)c3)cc2N=C(N)C1. The van der Waals surface area contributed by atoms with E-state index in [1.807, 2.05) is 49.1 Å². The molecular weight excluding hydrogens is 532 g/mol. The first kappa shape index (κ1) is 30.0. The van der Waals surface area contributed by atoms with E-state index < -0.39 is 6.09 Å². The Morgan fingerprint density at radius 1 is 0.929 bits per heavy atom. The highest BCUT2D eigenvalue weighted by atomic mass is 16.4. The van der Waals surface area contributed by atoms with Crippen molar-refractivity contribution < 1.29 is 19.5 Å². The summed E-state index contributed by atoms with van der Waals surface area (Å²) in [6, 6.07) is 16.1. The van der Waals surface area contributed by atoms with E-state index in [-0.39, 0.29) is 31.3 Å². The van der Waals surface area contributed by atoms with Gasteiger partial charge in [-0.2, -0.15) is 0 Å². The van der Waals surface area contributed by atoms with Gasteiger partial charge in [-0.3, -0.25) is 19.5 Å². The first-order valence-corrected chi connectivity index (χ1v) is 14.0. The predicted octanol–water partition coefficient (Wildman–Crippen LogP) is 5.44. The van der Waals surface area contributed by atoms with Crippen LogP contribution in [-0.2, 0) is 17.9 Å². The topological polar surface area (TPSA) is 141 Å². The molecule has 218 valence electrons. The van der Waals surface area contributed by atoms with Gasteiger partial charge in [0.1, 0.15) is 5.84 Å². The molecule has 1 aliphatic heterocycles. The number of carbonyl (C=O) groups is 3. The van der Waals surface area contributed by atoms with Crippen LogP contribution in [0, 0.1) is 0 Å². The molecule has 10 nitrogen and oxygen atoms in total. The summed E-state index contributed by atoms with van der Waals surface area (Å²) in [5, 5.41) is 12.5. The number of anilines is 1. The van der Waals surface area contributed by atoms with Gasteiger partial charge in [-0.25, -0.2) is 9.79 Å². The molecule has 0 aliphatic carbocycles. The van der Waals surface area contributed by atoms with Crippen LogP contribution < -0.4 is 11.1 Å². The average Bonchev–Trinajstić information content (AvgIpc) is 3.14. The number of nitrogens with two attached hydrogens (primary N) is 1. The molecule has 0 radical (unpaired) electrons. The number of pyridine rings is 1. The fourth-order valence-electron chi connectivity index (χ4n) is 4.79. The van der Waals surface area contributed by atoms with Crippen LogP contribution in [-0.4, -0.2) is 56.7 Å². The van der Waals surface area contributed by atoms with Crippen LogP contribution >= 0.6 is 0 Å². The Morgan fingerprint density at radius 3 is 2.33 bits per heavy atom. The molecule has 2 heterocycles. The van der Waals surface area contributed by atoms with Crippen LogP contribution in [0.2, 0.25) is 0 Å². The Bertz CT molecular complexity index is 1500. The third-order valence-corrected chi connectivity index (χ3v) is 6.72. The van der Waals surface area contributed by atoms with Crippen LogP contribution in [0.4, 0.5) is 16.2 Å². The normalized spacial score (nSPS) is 12.3. The maximum Gasteiger partial charge on any atom is 0.407 e. The molecule has 3 aromatic rings. The van der Waals surface area contributed by atoms with E-state index in [2.05, 4.69) is 15.3 Å². The monoisotopic (exact) mass is 568 g/mol. The first-order chi connectivity index (χ1) is 20.3. The van der Waals surface area contributed by atoms with Crippen LogP contribution in [0.5, 0.6) is 0 Å². The van der Waals surface area contributed by atoms with Crippen LogP contribution in [0.1, 0.15) is 60.2 Å². The molecule has 3 amide bonds. The second-order valence-corrected chi connectivity index (χ2v) is 10.2. The molecule has 4 N–H and O–H groups in total. The molecule has 1 aliphatic rings. The zero-order chi connectivity index (χ0) is 30.1. The molecule has 0 bridgehead atoms. The van der Waals surface area contributed by atoms with Crippen molar-refractivity contribution in [1.82, 2.24) is 14.8 Å². The number of benzene rings is 2. The van der Waals surface area contributed by atoms with Gasteiger partial charge in [-0.05, 0) is 48.2 Å². The Labute approximate surface area is 245 Å². The van der Waals surface area contributed by atoms with Crippen molar-refractivity contribution in [2.75, 3.05) is 18.4 Å². The summed E-state index contributed by atoms with van der Waals surface area (Å²) in [6.07, 6.45) is 5.78. The summed E-state index contributed by atoms with van der Waals surface area (Å²) >= 11 is 0. The predicted molar refractivity (Wildman–Crippen MR) is 163 cm³/mol. The number of rotatable bonds is 11. The van der Waals surface area contributed by atoms with Crippen LogP contribution in [0.15, 0.2) is 77.6 Å². The minimum Gasteiger partial charge on any atom is -0.465 e. The van der Waals surface area contributed by atoms with Crippen LogP contribution in [0.3, 0.4) is 0 Å². The van der Waals surface area contributed by atoms with E-state index in [1.54, 1.807) is 36.5 Å². The third-order valence-electron chi connectivity index (χ3n) is 6.72. The lowest BCUT2D eigenvalue weighted by Crippen LogP contribution is -2.34. The van der Waals surface area contributed by atoms with Crippen molar-refractivity contribution in [3.8, 4) is 0 Å². The molecular formula is C32H36N6O4. The first-order valence-electron chi connectivity index (χ1n) is 14.0. The maximum atomic E-state index is 13.2. The zero-order valence-electron chi connectivity index (χ0n) is 23.9. The third kappa shape index (κ3) is 7.81. The van der Waals surface area contributed by atoms with Crippen molar-refractivity contribution in [2.45, 2.75) is 46.2 Å². The van der Waals surface area contributed by atoms with Crippen molar-refractivity contribution in [1.29, 1.82) is 0 Å². The molecule has 0 atom stereocenters. The largest absolute Gasteiger partial charge is 0.465 e. The van der Waals surface area contributed by atoms with E-state index in [0.717, 1.165) is 18.4 Å². The summed E-state index contributed by atoms with van der Waals surface area (Å²) in [5.41, 5.74) is 10.3. The zero-order valence-corrected chi connectivity index (χ0v) is 23.9. The quantitative estimate of drug-likeness (QED) is 0.281. The lowest BCUT2D eigenvalue weighted by Gasteiger charge is -2.22. The van der Waals surface area contributed by atoms with Gasteiger partial charge >= 0.3 is 6.09 Å². The number of aliphatic imine (C=N–C) groups is 1. The molecule has 2 aromatic carbocycles. The average molecular weight is 569 g/mol. The number of nitrogens with one attached hydrogen (secondary N) is 1. The van der Waals surface area contributed by atoms with Gasteiger partial charge in [0.25, 0.3) is 5.91 Å². The molecule has 10 heteroatoms. The van der Waals surface area contributed by atoms with Gasteiger partial charge < -0.3 is 21.1 Å². The van der Waals surface area contributed by atoms with Gasteiger partial charge in [0.2, 0.25) is 5.91 Å². The van der Waals surface area contributed by atoms with Crippen molar-refractivity contribution in [3.05, 3.63) is 94.8 Å². The van der Waals surface area contributed by atoms with Gasteiger partial charge in [-0.15, -0.1) is 0 Å². The van der Waals surface area contributed by atoms with E-state index in [9.17, 15) is 19.5 Å². The number of carboxylic acid groups (broad SMARTS) is 1. The van der Waals surface area contributed by atoms with Gasteiger partial charge in [0, 0.05) is 49.0 Å². The number of nitrogens with zero attached hydrogens (tertiary/aromatic N) is 4. The van der Waals surface area contributed by atoms with E-state index in [4.69, 9.17) is 5.73 Å². The van der Waals surface area contributed by atoms with Gasteiger partial charge in [0.05, 0.1) is 24.1 Å². The maximum absolute atomic E-state index is 13.2. The molecule has 0 fully saturated rings. The molecule has 0 unspecified atom stereocenters. The lowest BCUT2D eigenvalue weighted by molar-refractivity contribution is -0.127. The number of amidine groups is 1. The van der Waals surface area contributed by atoms with E-state index >= 15 is 0 Å². The molecule has 4 rings (SSSR count). The standard InChI is InChI=1S/C32H36N6O4/c1-3-12-37(13-4-2)31(40)26-15-24-10-11-25(16-28(24)36-29(33)17-26)30(39)35-27-14-23(18-34-19-27)21-38(32(41)42)20-22-8-6-5-7-9-22/h5-11,14-16,18-19H,3-4,12-13,17,20-21H2,1-2H3,(H2,33,36)(H,35,39)(H,41,42). The van der Waals surface area contributed by atoms with Crippen molar-refractivity contribution in [3.63, 3.8) is 0 Å². The minimum atomic E-state index is -1.06. The number of carbonyl (C=O) groups excluding carboxylic acids is 2. The second-order valence-electron chi connectivity index (χ2n) is 10.2. The van der Waals surface area contributed by atoms with Gasteiger partial charge in [-0.1, -0.05) is 50.2 Å². The van der Waals surface area contributed by atoms with E-state index in [1.165, 1.54) is 11.1 Å². The summed E-state index contributed by atoms with van der Waals surface area (Å²) in [6.45, 7) is 5.75. The fourth-order valence-corrected chi connectivity index (χ4v) is 4.79.